The topological polar surface area (TPSA) is 241 Å². The fourth-order valence-corrected chi connectivity index (χ4v) is 5.51. The van der Waals surface area contributed by atoms with Crippen molar-refractivity contribution in [3.05, 3.63) is 34.4 Å². The Bertz CT molecular complexity index is 1210. The Labute approximate surface area is 245 Å². The van der Waals surface area contributed by atoms with Gasteiger partial charge in [0.05, 0.1) is 11.2 Å². The van der Waals surface area contributed by atoms with E-state index < -0.39 is 50.8 Å². The lowest BCUT2D eigenvalue weighted by Gasteiger charge is -2.28. The quantitative estimate of drug-likeness (QED) is 0.0510. The number of amides is 3. The van der Waals surface area contributed by atoms with Gasteiger partial charge in [-0.15, -0.1) is 0 Å². The molecule has 0 radical (unpaired) electrons. The van der Waals surface area contributed by atoms with Gasteiger partial charge in [0.15, 0.2) is 5.96 Å². The van der Waals surface area contributed by atoms with Gasteiger partial charge in [-0.25, -0.2) is 13.1 Å². The fraction of sp³-hybridized carbons (Fsp3) is 0.615. The summed E-state index contributed by atoms with van der Waals surface area (Å²) in [5.74, 6) is -1.77. The summed E-state index contributed by atoms with van der Waals surface area (Å²) in [5, 5.41) is 18.8. The van der Waals surface area contributed by atoms with E-state index in [4.69, 9.17) is 11.5 Å². The van der Waals surface area contributed by atoms with Crippen LogP contribution >= 0.6 is 0 Å². The second-order valence-corrected chi connectivity index (χ2v) is 12.2. The molecule has 0 saturated heterocycles. The molecule has 1 fully saturated rings. The number of sulfonamides is 1. The number of nitrogens with two attached hydrogens (primary N) is 2. The number of nitrogens with one attached hydrogen (secondary N) is 4. The molecule has 3 atom stereocenters. The molecule has 0 heterocycles. The maximum Gasteiger partial charge on any atom is 0.269 e. The number of anilines is 1. The molecule has 1 aromatic rings. The van der Waals surface area contributed by atoms with Gasteiger partial charge < -0.3 is 27.4 Å². The minimum Gasteiger partial charge on any atom is -0.370 e. The zero-order valence-electron chi connectivity index (χ0n) is 24.0. The molecule has 0 spiro atoms. The third-order valence-corrected chi connectivity index (χ3v) is 7.64. The minimum atomic E-state index is -3.70. The number of hydrogen-bond acceptors (Lipinski definition) is 8. The Kier molecular flexibility index (Phi) is 13.6. The zero-order chi connectivity index (χ0) is 31.3. The Morgan fingerprint density at radius 1 is 1.00 bits per heavy atom. The highest BCUT2D eigenvalue weighted by Gasteiger charge is 2.31. The van der Waals surface area contributed by atoms with Crippen LogP contribution in [0.5, 0.6) is 0 Å². The van der Waals surface area contributed by atoms with Gasteiger partial charge in [-0.3, -0.25) is 29.5 Å². The second kappa shape index (κ2) is 16.6. The number of hydrogen-bond donors (Lipinski definition) is 6. The number of aliphatic imine (C=N–C) groups is 1. The van der Waals surface area contributed by atoms with Gasteiger partial charge in [0.1, 0.15) is 18.1 Å². The summed E-state index contributed by atoms with van der Waals surface area (Å²) in [7, 11) is -3.70. The lowest BCUT2D eigenvalue weighted by atomic mass is 9.85. The van der Waals surface area contributed by atoms with Crippen LogP contribution in [0.1, 0.15) is 64.7 Å². The van der Waals surface area contributed by atoms with Crippen LogP contribution in [-0.4, -0.2) is 67.9 Å². The normalized spacial score (nSPS) is 16.0. The first kappa shape index (κ1) is 34.4. The van der Waals surface area contributed by atoms with Crippen molar-refractivity contribution in [3.8, 4) is 0 Å². The third-order valence-electron chi connectivity index (χ3n) is 6.93. The van der Waals surface area contributed by atoms with Crippen molar-refractivity contribution in [2.45, 2.75) is 82.8 Å². The van der Waals surface area contributed by atoms with Gasteiger partial charge >= 0.3 is 0 Å². The highest BCUT2D eigenvalue weighted by atomic mass is 32.2. The first-order chi connectivity index (χ1) is 19.8. The summed E-state index contributed by atoms with van der Waals surface area (Å²) >= 11 is 0. The summed E-state index contributed by atoms with van der Waals surface area (Å²) in [4.78, 5) is 53.8. The van der Waals surface area contributed by atoms with Crippen LogP contribution in [-0.2, 0) is 24.4 Å². The van der Waals surface area contributed by atoms with Crippen molar-refractivity contribution in [2.75, 3.05) is 18.1 Å². The third kappa shape index (κ3) is 12.4. The lowest BCUT2D eigenvalue weighted by molar-refractivity contribution is -0.384. The monoisotopic (exact) mass is 610 g/mol. The number of non-ortho nitro benzene ring substituents is 1. The van der Waals surface area contributed by atoms with Crippen molar-refractivity contribution >= 4 is 45.1 Å². The minimum absolute atomic E-state index is 0.120. The highest BCUT2D eigenvalue weighted by molar-refractivity contribution is 7.88. The number of carbonyl (C=O) groups excluding carboxylic acids is 3. The van der Waals surface area contributed by atoms with Crippen molar-refractivity contribution in [1.29, 1.82) is 0 Å². The first-order valence-electron chi connectivity index (χ1n) is 14.0. The van der Waals surface area contributed by atoms with Crippen LogP contribution in [0.15, 0.2) is 29.3 Å². The molecule has 8 N–H and O–H groups in total. The average Bonchev–Trinajstić information content (AvgIpc) is 2.92. The van der Waals surface area contributed by atoms with E-state index in [1.807, 2.05) is 0 Å². The number of nitro groups is 1. The van der Waals surface area contributed by atoms with E-state index in [1.54, 1.807) is 6.92 Å². The second-order valence-electron chi connectivity index (χ2n) is 10.5. The van der Waals surface area contributed by atoms with E-state index in [0.29, 0.717) is 12.8 Å². The van der Waals surface area contributed by atoms with Crippen LogP contribution in [0, 0.1) is 16.0 Å². The standard InChI is InChI=1S/C26H42N8O7S/c1-3-20(31-25(37)22(33-42(2,40)41)16-17-8-5-4-6-9-17)23(35)32-21(10-7-15-29-26(27)28)24(36)30-18-11-13-19(14-12-18)34(38)39/h11-14,17,20-22,33H,3-10,15-16H2,1-2H3,(H,30,36)(H,31,37)(H,32,35)(H4,27,28,29)/t20-,21-,22+/m0/s1. The molecule has 0 unspecified atom stereocenters. The van der Waals surface area contributed by atoms with E-state index in [0.717, 1.165) is 38.4 Å². The molecule has 0 aliphatic heterocycles. The number of rotatable bonds is 16. The Morgan fingerprint density at radius 3 is 2.14 bits per heavy atom. The van der Waals surface area contributed by atoms with Gasteiger partial charge in [0, 0.05) is 24.4 Å². The number of nitrogens with zero attached hydrogens (tertiary/aromatic N) is 2. The van der Waals surface area contributed by atoms with Gasteiger partial charge in [0.2, 0.25) is 27.7 Å². The van der Waals surface area contributed by atoms with Crippen LogP contribution < -0.4 is 32.1 Å². The molecule has 234 valence electrons. The maximum atomic E-state index is 13.2. The first-order valence-corrected chi connectivity index (χ1v) is 15.9. The molecule has 1 aromatic carbocycles. The molecular weight excluding hydrogens is 568 g/mol. The molecule has 0 bridgehead atoms. The molecule has 15 nitrogen and oxygen atoms in total. The zero-order valence-corrected chi connectivity index (χ0v) is 24.8. The van der Waals surface area contributed by atoms with Crippen molar-refractivity contribution < 1.29 is 27.7 Å². The summed E-state index contributed by atoms with van der Waals surface area (Å²) in [6.07, 6.45) is 6.91. The average molecular weight is 611 g/mol. The van der Waals surface area contributed by atoms with E-state index in [2.05, 4.69) is 25.7 Å². The number of carbonyl (C=O) groups is 3. The smallest absolute Gasteiger partial charge is 0.269 e. The van der Waals surface area contributed by atoms with E-state index in [1.165, 1.54) is 24.3 Å². The van der Waals surface area contributed by atoms with Crippen LogP contribution in [0.3, 0.4) is 0 Å². The summed E-state index contributed by atoms with van der Waals surface area (Å²) in [6, 6.07) is 2.07. The predicted molar refractivity (Wildman–Crippen MR) is 159 cm³/mol. The molecule has 3 amide bonds. The number of nitro benzene ring substituents is 1. The predicted octanol–water partition coefficient (Wildman–Crippen LogP) is 0.855. The van der Waals surface area contributed by atoms with Crippen molar-refractivity contribution in [1.82, 2.24) is 15.4 Å². The lowest BCUT2D eigenvalue weighted by Crippen LogP contribution is -2.56. The summed E-state index contributed by atoms with van der Waals surface area (Å²) in [5.41, 5.74) is 10.9. The molecule has 1 aliphatic carbocycles. The molecule has 2 rings (SSSR count). The van der Waals surface area contributed by atoms with E-state index in [-0.39, 0.29) is 42.6 Å². The van der Waals surface area contributed by atoms with Crippen molar-refractivity contribution in [2.24, 2.45) is 22.4 Å². The summed E-state index contributed by atoms with van der Waals surface area (Å²) < 4.78 is 26.4. The van der Waals surface area contributed by atoms with Gasteiger partial charge in [-0.1, -0.05) is 39.0 Å². The Hall–Kier alpha value is -3.79. The van der Waals surface area contributed by atoms with Crippen molar-refractivity contribution in [3.63, 3.8) is 0 Å². The van der Waals surface area contributed by atoms with Crippen LogP contribution in [0.25, 0.3) is 0 Å². The molecular formula is C26H42N8O7S. The molecule has 42 heavy (non-hydrogen) atoms. The van der Waals surface area contributed by atoms with Crippen LogP contribution in [0.2, 0.25) is 0 Å². The molecule has 0 aromatic heterocycles. The Balaban J connectivity index is 2.13. The number of guanidine groups is 1. The molecule has 1 saturated carbocycles. The SMILES string of the molecule is CC[C@H](NC(=O)[C@@H](CC1CCCCC1)NS(C)(=O)=O)C(=O)N[C@@H](CCCN=C(N)N)C(=O)Nc1ccc([N+](=O)[O-])cc1. The van der Waals surface area contributed by atoms with Crippen LogP contribution in [0.4, 0.5) is 11.4 Å². The molecule has 16 heteroatoms. The fourth-order valence-electron chi connectivity index (χ4n) is 4.79. The largest absolute Gasteiger partial charge is 0.370 e. The molecule has 1 aliphatic rings. The van der Waals surface area contributed by atoms with E-state index in [9.17, 15) is 32.9 Å². The van der Waals surface area contributed by atoms with Gasteiger partial charge in [-0.05, 0) is 43.7 Å². The highest BCUT2D eigenvalue weighted by Crippen LogP contribution is 2.27. The number of benzene rings is 1. The maximum absolute atomic E-state index is 13.2. The Morgan fingerprint density at radius 2 is 1.60 bits per heavy atom. The van der Waals surface area contributed by atoms with Gasteiger partial charge in [-0.2, -0.15) is 0 Å². The van der Waals surface area contributed by atoms with Gasteiger partial charge in [0.25, 0.3) is 5.69 Å². The van der Waals surface area contributed by atoms with E-state index >= 15 is 0 Å². The summed E-state index contributed by atoms with van der Waals surface area (Å²) in [6.45, 7) is 1.88.